The van der Waals surface area contributed by atoms with Crippen molar-refractivity contribution in [3.8, 4) is 0 Å². The zero-order valence-corrected chi connectivity index (χ0v) is 8.51. The fourth-order valence-corrected chi connectivity index (χ4v) is 1.80. The van der Waals surface area contributed by atoms with Crippen LogP contribution in [0.5, 0.6) is 0 Å². The highest BCUT2D eigenvalue weighted by molar-refractivity contribution is 4.90. The Bertz CT molecular complexity index is 135. The molecule has 0 aromatic rings. The number of hydrogen-bond acceptors (Lipinski definition) is 2. The van der Waals surface area contributed by atoms with Crippen LogP contribution < -0.4 is 0 Å². The van der Waals surface area contributed by atoms with Crippen LogP contribution in [-0.4, -0.2) is 35.2 Å². The van der Waals surface area contributed by atoms with Crippen LogP contribution in [0.2, 0.25) is 0 Å². The van der Waals surface area contributed by atoms with E-state index >= 15 is 0 Å². The Morgan fingerprint density at radius 3 is 2.42 bits per heavy atom. The van der Waals surface area contributed by atoms with Gasteiger partial charge in [0.1, 0.15) is 0 Å². The number of aliphatic hydroxyl groups is 1. The molecule has 0 unspecified atom stereocenters. The third kappa shape index (κ3) is 3.11. The number of β-amino-alcohol motifs (C(OH)–C–C–N with tert-alkyl or cyclic N) is 1. The maximum atomic E-state index is 9.45. The summed E-state index contributed by atoms with van der Waals surface area (Å²) in [7, 11) is 0. The van der Waals surface area contributed by atoms with Crippen molar-refractivity contribution >= 4 is 0 Å². The Morgan fingerprint density at radius 2 is 2.00 bits per heavy atom. The number of rotatable bonds is 4. The molecule has 1 aliphatic rings. The minimum absolute atomic E-state index is 0.391. The molecule has 1 fully saturated rings. The molecule has 0 bridgehead atoms. The average molecular weight is 171 g/mol. The van der Waals surface area contributed by atoms with E-state index in [2.05, 4.69) is 18.7 Å². The first-order chi connectivity index (χ1) is 5.49. The molecule has 0 saturated carbocycles. The molecule has 1 saturated heterocycles. The SMILES string of the molecule is CC(C)CCCN1CC(C)(O)C1. The van der Waals surface area contributed by atoms with Gasteiger partial charge in [-0.3, -0.25) is 4.90 Å². The van der Waals surface area contributed by atoms with E-state index in [0.717, 1.165) is 25.6 Å². The molecular formula is C10H21NO. The van der Waals surface area contributed by atoms with Gasteiger partial charge in [0, 0.05) is 13.1 Å². The highest BCUT2D eigenvalue weighted by atomic mass is 16.3. The molecule has 1 rings (SSSR count). The van der Waals surface area contributed by atoms with Crippen LogP contribution >= 0.6 is 0 Å². The number of hydrogen-bond donors (Lipinski definition) is 1. The van der Waals surface area contributed by atoms with Crippen molar-refractivity contribution in [3.63, 3.8) is 0 Å². The van der Waals surface area contributed by atoms with Gasteiger partial charge in [0.15, 0.2) is 0 Å². The molecule has 2 heteroatoms. The third-order valence-electron chi connectivity index (χ3n) is 2.38. The van der Waals surface area contributed by atoms with Crippen molar-refractivity contribution in [2.24, 2.45) is 5.92 Å². The summed E-state index contributed by atoms with van der Waals surface area (Å²) in [5.74, 6) is 0.812. The van der Waals surface area contributed by atoms with Crippen LogP contribution in [-0.2, 0) is 0 Å². The van der Waals surface area contributed by atoms with Crippen molar-refractivity contribution in [1.29, 1.82) is 0 Å². The Hall–Kier alpha value is -0.0800. The van der Waals surface area contributed by atoms with Crippen molar-refractivity contribution < 1.29 is 5.11 Å². The van der Waals surface area contributed by atoms with Crippen LogP contribution in [0.25, 0.3) is 0 Å². The lowest BCUT2D eigenvalue weighted by Gasteiger charge is -2.44. The molecule has 0 aromatic carbocycles. The van der Waals surface area contributed by atoms with Crippen LogP contribution in [0.15, 0.2) is 0 Å². The monoisotopic (exact) mass is 171 g/mol. The van der Waals surface area contributed by atoms with Gasteiger partial charge in [-0.2, -0.15) is 0 Å². The largest absolute Gasteiger partial charge is 0.388 e. The summed E-state index contributed by atoms with van der Waals surface area (Å²) in [5.41, 5.74) is -0.391. The Balaban J connectivity index is 1.97. The lowest BCUT2D eigenvalue weighted by Crippen LogP contribution is -2.59. The summed E-state index contributed by atoms with van der Waals surface area (Å²) in [6.07, 6.45) is 2.58. The van der Waals surface area contributed by atoms with Gasteiger partial charge < -0.3 is 5.11 Å². The molecule has 1 N–H and O–H groups in total. The first-order valence-electron chi connectivity index (χ1n) is 4.94. The van der Waals surface area contributed by atoms with E-state index in [1.165, 1.54) is 12.8 Å². The molecule has 0 atom stereocenters. The molecule has 1 heterocycles. The molecule has 0 aliphatic carbocycles. The molecule has 1 aliphatic heterocycles. The molecule has 0 amide bonds. The van der Waals surface area contributed by atoms with E-state index in [4.69, 9.17) is 0 Å². The Kier molecular flexibility index (Phi) is 3.13. The first-order valence-corrected chi connectivity index (χ1v) is 4.94. The van der Waals surface area contributed by atoms with Crippen molar-refractivity contribution in [1.82, 2.24) is 4.90 Å². The van der Waals surface area contributed by atoms with E-state index in [0.29, 0.717) is 0 Å². The second-order valence-corrected chi connectivity index (χ2v) is 4.74. The highest BCUT2D eigenvalue weighted by Crippen LogP contribution is 2.20. The van der Waals surface area contributed by atoms with Crippen molar-refractivity contribution in [2.45, 2.75) is 39.2 Å². The van der Waals surface area contributed by atoms with Gasteiger partial charge in [0.05, 0.1) is 5.60 Å². The van der Waals surface area contributed by atoms with Crippen LogP contribution in [0, 0.1) is 5.92 Å². The Morgan fingerprint density at radius 1 is 1.42 bits per heavy atom. The molecule has 0 spiro atoms. The maximum absolute atomic E-state index is 9.45. The normalized spacial score (nSPS) is 22.8. The smallest absolute Gasteiger partial charge is 0.0872 e. The summed E-state index contributed by atoms with van der Waals surface area (Å²) < 4.78 is 0. The molecule has 0 aromatic heterocycles. The predicted octanol–water partition coefficient (Wildman–Crippen LogP) is 1.49. The summed E-state index contributed by atoms with van der Waals surface area (Å²) in [4.78, 5) is 2.32. The quantitative estimate of drug-likeness (QED) is 0.692. The van der Waals surface area contributed by atoms with E-state index < -0.39 is 5.60 Å². The highest BCUT2D eigenvalue weighted by Gasteiger charge is 2.35. The fraction of sp³-hybridized carbons (Fsp3) is 1.00. The van der Waals surface area contributed by atoms with E-state index in [1.807, 2.05) is 6.92 Å². The van der Waals surface area contributed by atoms with Gasteiger partial charge in [-0.05, 0) is 32.2 Å². The molecule has 12 heavy (non-hydrogen) atoms. The fourth-order valence-electron chi connectivity index (χ4n) is 1.80. The topological polar surface area (TPSA) is 23.5 Å². The molecule has 0 radical (unpaired) electrons. The zero-order valence-electron chi connectivity index (χ0n) is 8.51. The van der Waals surface area contributed by atoms with Crippen molar-refractivity contribution in [2.75, 3.05) is 19.6 Å². The minimum Gasteiger partial charge on any atom is -0.388 e. The lowest BCUT2D eigenvalue weighted by molar-refractivity contribution is -0.0835. The van der Waals surface area contributed by atoms with Gasteiger partial charge >= 0.3 is 0 Å². The van der Waals surface area contributed by atoms with E-state index in [9.17, 15) is 5.11 Å². The Labute approximate surface area is 75.6 Å². The first kappa shape index (κ1) is 10.0. The van der Waals surface area contributed by atoms with Crippen LogP contribution in [0.3, 0.4) is 0 Å². The maximum Gasteiger partial charge on any atom is 0.0872 e. The van der Waals surface area contributed by atoms with Gasteiger partial charge in [-0.1, -0.05) is 13.8 Å². The standard InChI is InChI=1S/C10H21NO/c1-9(2)5-4-6-11-7-10(3,12)8-11/h9,12H,4-8H2,1-3H3. The summed E-state index contributed by atoms with van der Waals surface area (Å²) >= 11 is 0. The molecule has 2 nitrogen and oxygen atoms in total. The van der Waals surface area contributed by atoms with E-state index in [1.54, 1.807) is 0 Å². The predicted molar refractivity (Wildman–Crippen MR) is 51.1 cm³/mol. The summed E-state index contributed by atoms with van der Waals surface area (Å²) in [6, 6.07) is 0. The average Bonchev–Trinajstić information content (AvgIpc) is 1.82. The zero-order chi connectivity index (χ0) is 9.19. The second-order valence-electron chi connectivity index (χ2n) is 4.74. The van der Waals surface area contributed by atoms with Crippen LogP contribution in [0.1, 0.15) is 33.6 Å². The van der Waals surface area contributed by atoms with Crippen LogP contribution in [0.4, 0.5) is 0 Å². The summed E-state index contributed by atoms with van der Waals surface area (Å²) in [5, 5.41) is 9.45. The second kappa shape index (κ2) is 3.75. The molecule has 72 valence electrons. The van der Waals surface area contributed by atoms with Crippen molar-refractivity contribution in [3.05, 3.63) is 0 Å². The van der Waals surface area contributed by atoms with Gasteiger partial charge in [-0.15, -0.1) is 0 Å². The van der Waals surface area contributed by atoms with Gasteiger partial charge in [0.25, 0.3) is 0 Å². The van der Waals surface area contributed by atoms with Gasteiger partial charge in [0.2, 0.25) is 0 Å². The van der Waals surface area contributed by atoms with Gasteiger partial charge in [-0.25, -0.2) is 0 Å². The lowest BCUT2D eigenvalue weighted by atomic mass is 9.96. The number of likely N-dealkylation sites (tertiary alicyclic amines) is 1. The minimum atomic E-state index is -0.391. The van der Waals surface area contributed by atoms with E-state index in [-0.39, 0.29) is 0 Å². The summed E-state index contributed by atoms with van der Waals surface area (Å²) in [6.45, 7) is 9.31. The number of nitrogens with zero attached hydrogens (tertiary/aromatic N) is 1. The molecular weight excluding hydrogens is 150 g/mol. The third-order valence-corrected chi connectivity index (χ3v) is 2.38.